The number of hydrogen-bond acceptors (Lipinski definition) is 7. The van der Waals surface area contributed by atoms with Crippen molar-refractivity contribution in [1.82, 2.24) is 0 Å². The highest BCUT2D eigenvalue weighted by Gasteiger charge is 2.51. The average molecular weight is 386 g/mol. The molecule has 2 saturated heterocycles. The third kappa shape index (κ3) is 3.80. The third-order valence-corrected chi connectivity index (χ3v) is 4.87. The predicted molar refractivity (Wildman–Crippen MR) is 97.3 cm³/mol. The number of ether oxygens (including phenoxy) is 5. The molecule has 2 heterocycles. The minimum atomic E-state index is -1.13. The molecule has 4 rings (SSSR count). The zero-order valence-electron chi connectivity index (χ0n) is 15.3. The second kappa shape index (κ2) is 8.38. The van der Waals surface area contributed by atoms with Crippen LogP contribution >= 0.6 is 0 Å². The molecule has 0 spiro atoms. The third-order valence-electron chi connectivity index (χ3n) is 4.87. The standard InChI is InChI=1S/C21H22O7/c1-24-21-18(27-19(23)13-8-4-2-5-9-13)16(22)17-15(26-21)12-25-20(28-17)14-10-6-3-7-11-14/h2-11,15-18,20-22H,12H2,1H3/t15-,16-,17-,18-,20-,21+/m1/s1. The van der Waals surface area contributed by atoms with Gasteiger partial charge in [-0.05, 0) is 12.1 Å². The molecule has 28 heavy (non-hydrogen) atoms. The maximum atomic E-state index is 12.5. The van der Waals surface area contributed by atoms with E-state index in [0.29, 0.717) is 5.56 Å². The first-order valence-corrected chi connectivity index (χ1v) is 9.11. The van der Waals surface area contributed by atoms with E-state index in [1.54, 1.807) is 30.3 Å². The second-order valence-electron chi connectivity index (χ2n) is 6.68. The molecule has 2 aliphatic rings. The van der Waals surface area contributed by atoms with Gasteiger partial charge in [0.1, 0.15) is 18.3 Å². The molecule has 6 atom stereocenters. The van der Waals surface area contributed by atoms with Crippen LogP contribution in [0.3, 0.4) is 0 Å². The Kier molecular flexibility index (Phi) is 5.70. The van der Waals surface area contributed by atoms with Crippen LogP contribution in [-0.4, -0.2) is 55.5 Å². The molecule has 2 fully saturated rings. The number of aliphatic hydroxyl groups excluding tert-OH is 1. The van der Waals surface area contributed by atoms with Gasteiger partial charge in [0, 0.05) is 12.7 Å². The summed E-state index contributed by atoms with van der Waals surface area (Å²) < 4.78 is 28.4. The molecule has 2 aromatic carbocycles. The number of methoxy groups -OCH3 is 1. The molecule has 0 bridgehead atoms. The average Bonchev–Trinajstić information content (AvgIpc) is 2.76. The van der Waals surface area contributed by atoms with Gasteiger partial charge in [0.2, 0.25) is 0 Å². The second-order valence-corrected chi connectivity index (χ2v) is 6.68. The van der Waals surface area contributed by atoms with Crippen molar-refractivity contribution >= 4 is 5.97 Å². The molecule has 0 radical (unpaired) electrons. The Balaban J connectivity index is 1.50. The van der Waals surface area contributed by atoms with Crippen LogP contribution in [0.5, 0.6) is 0 Å². The summed E-state index contributed by atoms with van der Waals surface area (Å²) in [7, 11) is 1.43. The van der Waals surface area contributed by atoms with Crippen molar-refractivity contribution < 1.29 is 33.6 Å². The topological polar surface area (TPSA) is 83.5 Å². The van der Waals surface area contributed by atoms with E-state index >= 15 is 0 Å². The fraction of sp³-hybridized carbons (Fsp3) is 0.381. The molecule has 0 unspecified atom stereocenters. The van der Waals surface area contributed by atoms with Gasteiger partial charge in [-0.2, -0.15) is 0 Å². The van der Waals surface area contributed by atoms with Gasteiger partial charge in [0.15, 0.2) is 18.7 Å². The number of carbonyl (C=O) groups is 1. The molecule has 0 aliphatic carbocycles. The van der Waals surface area contributed by atoms with E-state index in [1.807, 2.05) is 30.3 Å². The lowest BCUT2D eigenvalue weighted by Gasteiger charge is -2.46. The Labute approximate surface area is 162 Å². The van der Waals surface area contributed by atoms with Crippen molar-refractivity contribution in [1.29, 1.82) is 0 Å². The predicted octanol–water partition coefficient (Wildman–Crippen LogP) is 2.06. The van der Waals surface area contributed by atoms with E-state index in [9.17, 15) is 9.90 Å². The SMILES string of the molecule is CO[C@H]1O[C@@H]2CO[C@@H](c3ccccc3)O[C@H]2[C@@H](O)[C@H]1OC(=O)c1ccccc1. The fourth-order valence-corrected chi connectivity index (χ4v) is 3.43. The first kappa shape index (κ1) is 19.0. The number of hydrogen-bond donors (Lipinski definition) is 1. The Morgan fingerprint density at radius 2 is 1.71 bits per heavy atom. The molecule has 7 heteroatoms. The fourth-order valence-electron chi connectivity index (χ4n) is 3.43. The first-order valence-electron chi connectivity index (χ1n) is 9.11. The molecule has 2 aromatic rings. The van der Waals surface area contributed by atoms with Crippen molar-refractivity contribution in [3.8, 4) is 0 Å². The van der Waals surface area contributed by atoms with Crippen molar-refractivity contribution in [3.63, 3.8) is 0 Å². The summed E-state index contributed by atoms with van der Waals surface area (Å²) in [6, 6.07) is 18.0. The zero-order valence-corrected chi connectivity index (χ0v) is 15.3. The number of fused-ring (bicyclic) bond motifs is 1. The van der Waals surface area contributed by atoms with E-state index in [0.717, 1.165) is 5.56 Å². The molecular weight excluding hydrogens is 364 g/mol. The summed E-state index contributed by atoms with van der Waals surface area (Å²) in [5.74, 6) is -0.569. The highest BCUT2D eigenvalue weighted by Crippen LogP contribution is 2.35. The number of benzene rings is 2. The van der Waals surface area contributed by atoms with Crippen molar-refractivity contribution in [3.05, 3.63) is 71.8 Å². The Morgan fingerprint density at radius 1 is 1.04 bits per heavy atom. The van der Waals surface area contributed by atoms with Gasteiger partial charge in [-0.25, -0.2) is 4.79 Å². The number of carbonyl (C=O) groups excluding carboxylic acids is 1. The zero-order chi connectivity index (χ0) is 19.5. The lowest BCUT2D eigenvalue weighted by atomic mass is 9.97. The smallest absolute Gasteiger partial charge is 0.338 e. The largest absolute Gasteiger partial charge is 0.450 e. The molecule has 1 N–H and O–H groups in total. The molecule has 0 aromatic heterocycles. The molecule has 2 aliphatic heterocycles. The Bertz CT molecular complexity index is 782. The van der Waals surface area contributed by atoms with Crippen LogP contribution in [0.15, 0.2) is 60.7 Å². The summed E-state index contributed by atoms with van der Waals surface area (Å²) in [5, 5.41) is 10.9. The van der Waals surface area contributed by atoms with Gasteiger partial charge in [-0.3, -0.25) is 0 Å². The Morgan fingerprint density at radius 3 is 2.39 bits per heavy atom. The van der Waals surface area contributed by atoms with Gasteiger partial charge in [0.25, 0.3) is 0 Å². The minimum Gasteiger partial charge on any atom is -0.450 e. The lowest BCUT2D eigenvalue weighted by Crippen LogP contribution is -2.63. The van der Waals surface area contributed by atoms with Crippen LogP contribution in [0.25, 0.3) is 0 Å². The number of esters is 1. The van der Waals surface area contributed by atoms with Crippen LogP contribution in [0, 0.1) is 0 Å². The van der Waals surface area contributed by atoms with Crippen LogP contribution in [0.1, 0.15) is 22.2 Å². The normalized spacial score (nSPS) is 32.4. The van der Waals surface area contributed by atoms with Crippen LogP contribution in [-0.2, 0) is 23.7 Å². The van der Waals surface area contributed by atoms with Crippen LogP contribution in [0.4, 0.5) is 0 Å². The highest BCUT2D eigenvalue weighted by atomic mass is 16.8. The van der Waals surface area contributed by atoms with Crippen molar-refractivity contribution in [2.45, 2.75) is 37.0 Å². The maximum Gasteiger partial charge on any atom is 0.338 e. The van der Waals surface area contributed by atoms with E-state index in [-0.39, 0.29) is 6.61 Å². The number of aliphatic hydroxyl groups is 1. The van der Waals surface area contributed by atoms with Crippen molar-refractivity contribution in [2.75, 3.05) is 13.7 Å². The Hall–Kier alpha value is -2.29. The molecule has 0 saturated carbocycles. The monoisotopic (exact) mass is 386 g/mol. The van der Waals surface area contributed by atoms with Gasteiger partial charge >= 0.3 is 5.97 Å². The van der Waals surface area contributed by atoms with E-state index in [4.69, 9.17) is 23.7 Å². The number of rotatable bonds is 4. The van der Waals surface area contributed by atoms with Crippen molar-refractivity contribution in [2.24, 2.45) is 0 Å². The highest BCUT2D eigenvalue weighted by molar-refractivity contribution is 5.89. The summed E-state index contributed by atoms with van der Waals surface area (Å²) >= 11 is 0. The summed E-state index contributed by atoms with van der Waals surface area (Å²) in [4.78, 5) is 12.5. The molecular formula is C21H22O7. The van der Waals surface area contributed by atoms with Gasteiger partial charge in [-0.15, -0.1) is 0 Å². The first-order chi connectivity index (χ1) is 13.7. The van der Waals surface area contributed by atoms with Gasteiger partial charge < -0.3 is 28.8 Å². The van der Waals surface area contributed by atoms with Gasteiger partial charge in [-0.1, -0.05) is 48.5 Å². The molecule has 7 nitrogen and oxygen atoms in total. The molecule has 0 amide bonds. The lowest BCUT2D eigenvalue weighted by molar-refractivity contribution is -0.357. The maximum absolute atomic E-state index is 12.5. The molecule has 148 valence electrons. The quantitative estimate of drug-likeness (QED) is 0.806. The van der Waals surface area contributed by atoms with Crippen LogP contribution in [0.2, 0.25) is 0 Å². The minimum absolute atomic E-state index is 0.223. The summed E-state index contributed by atoms with van der Waals surface area (Å²) in [6.07, 6.45) is -4.99. The van der Waals surface area contributed by atoms with E-state index in [1.165, 1.54) is 7.11 Å². The van der Waals surface area contributed by atoms with E-state index < -0.39 is 43.0 Å². The van der Waals surface area contributed by atoms with E-state index in [2.05, 4.69) is 0 Å². The summed E-state index contributed by atoms with van der Waals surface area (Å²) in [5.41, 5.74) is 1.21. The van der Waals surface area contributed by atoms with Gasteiger partial charge in [0.05, 0.1) is 12.2 Å². The summed E-state index contributed by atoms with van der Waals surface area (Å²) in [6.45, 7) is 0.223. The van der Waals surface area contributed by atoms with Crippen LogP contribution < -0.4 is 0 Å².